The summed E-state index contributed by atoms with van der Waals surface area (Å²) in [6.07, 6.45) is 5.15. The van der Waals surface area contributed by atoms with E-state index in [4.69, 9.17) is 11.6 Å². The van der Waals surface area contributed by atoms with Gasteiger partial charge in [-0.1, -0.05) is 42.0 Å². The molecule has 7 heteroatoms. The lowest BCUT2D eigenvalue weighted by Crippen LogP contribution is -2.29. The summed E-state index contributed by atoms with van der Waals surface area (Å²) in [4.78, 5) is 0.201. The third-order valence-corrected chi connectivity index (χ3v) is 7.56. The number of fused-ring (bicyclic) bond motifs is 3. The van der Waals surface area contributed by atoms with Crippen molar-refractivity contribution >= 4 is 33.0 Å². The van der Waals surface area contributed by atoms with Crippen LogP contribution in [-0.4, -0.2) is 8.42 Å². The summed E-state index contributed by atoms with van der Waals surface area (Å²) in [5.74, 6) is 0.0625. The van der Waals surface area contributed by atoms with Gasteiger partial charge in [0.2, 0.25) is 0 Å². The van der Waals surface area contributed by atoms with E-state index in [1.54, 1.807) is 54.6 Å². The molecule has 5 rings (SSSR count). The number of hydrogen-bond acceptors (Lipinski definition) is 3. The van der Waals surface area contributed by atoms with E-state index in [1.807, 2.05) is 0 Å². The topological polar surface area (TPSA) is 58.2 Å². The van der Waals surface area contributed by atoms with Gasteiger partial charge >= 0.3 is 0 Å². The second kappa shape index (κ2) is 7.70. The Balaban J connectivity index is 1.49. The number of allylic oxidation sites excluding steroid dienone is 2. The molecule has 31 heavy (non-hydrogen) atoms. The van der Waals surface area contributed by atoms with Gasteiger partial charge in [0.05, 0.1) is 16.6 Å². The van der Waals surface area contributed by atoms with Crippen molar-refractivity contribution < 1.29 is 12.8 Å². The predicted octanol–water partition coefficient (Wildman–Crippen LogP) is 6.11. The number of nitrogens with one attached hydrogen (secondary N) is 2. The zero-order valence-corrected chi connectivity index (χ0v) is 18.0. The molecule has 1 aliphatic heterocycles. The molecule has 0 unspecified atom stereocenters. The van der Waals surface area contributed by atoms with E-state index in [-0.39, 0.29) is 28.6 Å². The molecule has 1 aliphatic carbocycles. The van der Waals surface area contributed by atoms with E-state index in [1.165, 1.54) is 12.1 Å². The van der Waals surface area contributed by atoms with Crippen LogP contribution >= 0.6 is 11.6 Å². The molecule has 3 aromatic rings. The first-order chi connectivity index (χ1) is 14.9. The second-order valence-corrected chi connectivity index (χ2v) is 10.0. The Morgan fingerprint density at radius 3 is 2.61 bits per heavy atom. The summed E-state index contributed by atoms with van der Waals surface area (Å²) in [6.45, 7) is 0. The van der Waals surface area contributed by atoms with Crippen LogP contribution in [0.1, 0.15) is 29.5 Å². The predicted molar refractivity (Wildman–Crippen MR) is 121 cm³/mol. The van der Waals surface area contributed by atoms with Crippen LogP contribution in [0.2, 0.25) is 5.02 Å². The van der Waals surface area contributed by atoms with E-state index in [9.17, 15) is 12.8 Å². The SMILES string of the molecule is O=S(=O)(Nc1cccc(Cl)c1)c1ccc2c(c1)[C@H]1C=CC[C@H]1[C@@H](c1ccc(F)cc1)N2. The summed E-state index contributed by atoms with van der Waals surface area (Å²) >= 11 is 5.98. The van der Waals surface area contributed by atoms with Crippen LogP contribution in [0.3, 0.4) is 0 Å². The zero-order chi connectivity index (χ0) is 21.6. The maximum absolute atomic E-state index is 13.4. The van der Waals surface area contributed by atoms with Crippen molar-refractivity contribution in [3.63, 3.8) is 0 Å². The third-order valence-electron chi connectivity index (χ3n) is 5.95. The lowest BCUT2D eigenvalue weighted by atomic mass is 9.77. The average molecular weight is 455 g/mol. The number of rotatable bonds is 4. The Morgan fingerprint density at radius 2 is 1.84 bits per heavy atom. The van der Waals surface area contributed by atoms with E-state index >= 15 is 0 Å². The number of benzene rings is 3. The van der Waals surface area contributed by atoms with Gasteiger partial charge in [0, 0.05) is 16.6 Å². The molecule has 0 bridgehead atoms. The van der Waals surface area contributed by atoms with Crippen LogP contribution in [-0.2, 0) is 10.0 Å². The first kappa shape index (κ1) is 20.1. The fourth-order valence-corrected chi connectivity index (χ4v) is 5.78. The van der Waals surface area contributed by atoms with Gasteiger partial charge in [-0.3, -0.25) is 4.72 Å². The smallest absolute Gasteiger partial charge is 0.261 e. The third kappa shape index (κ3) is 3.82. The molecular formula is C24H20ClFN2O2S. The summed E-state index contributed by atoms with van der Waals surface area (Å²) < 4.78 is 41.9. The molecule has 0 fully saturated rings. The minimum absolute atomic E-state index is 0.0279. The van der Waals surface area contributed by atoms with E-state index in [2.05, 4.69) is 22.2 Å². The lowest BCUT2D eigenvalue weighted by Gasteiger charge is -2.37. The molecule has 0 radical (unpaired) electrons. The molecule has 1 heterocycles. The highest BCUT2D eigenvalue weighted by Crippen LogP contribution is 2.50. The fraction of sp³-hybridized carbons (Fsp3) is 0.167. The molecule has 4 nitrogen and oxygen atoms in total. The van der Waals surface area contributed by atoms with Crippen molar-refractivity contribution in [2.45, 2.75) is 23.3 Å². The van der Waals surface area contributed by atoms with Gasteiger partial charge in [0.1, 0.15) is 5.82 Å². The first-order valence-corrected chi connectivity index (χ1v) is 11.9. The van der Waals surface area contributed by atoms with Gasteiger partial charge in [0.25, 0.3) is 10.0 Å². The molecule has 3 atom stereocenters. The van der Waals surface area contributed by atoms with Crippen LogP contribution in [0.25, 0.3) is 0 Å². The van der Waals surface area contributed by atoms with Gasteiger partial charge in [-0.15, -0.1) is 0 Å². The maximum atomic E-state index is 13.4. The number of hydrogen-bond donors (Lipinski definition) is 2. The van der Waals surface area contributed by atoms with Gasteiger partial charge in [-0.05, 0) is 72.0 Å². The van der Waals surface area contributed by atoms with Gasteiger partial charge in [-0.2, -0.15) is 0 Å². The highest BCUT2D eigenvalue weighted by molar-refractivity contribution is 7.92. The standard InChI is InChI=1S/C24H20ClFN2O2S/c25-16-3-1-4-18(13-16)28-31(29,30)19-11-12-23-22(14-19)20-5-2-6-21(20)24(27-23)15-7-9-17(26)10-8-15/h1-5,7-14,20-21,24,27-28H,6H2/t20-,21+,24+/m0/s1. The molecule has 0 saturated heterocycles. The maximum Gasteiger partial charge on any atom is 0.261 e. The average Bonchev–Trinajstić information content (AvgIpc) is 3.23. The van der Waals surface area contributed by atoms with Crippen LogP contribution in [0.4, 0.5) is 15.8 Å². The second-order valence-electron chi connectivity index (χ2n) is 7.89. The minimum Gasteiger partial charge on any atom is -0.378 e. The van der Waals surface area contributed by atoms with Crippen LogP contribution in [0, 0.1) is 11.7 Å². The van der Waals surface area contributed by atoms with Gasteiger partial charge < -0.3 is 5.32 Å². The minimum atomic E-state index is -3.76. The normalized spacial score (nSPS) is 21.8. The number of sulfonamides is 1. The zero-order valence-electron chi connectivity index (χ0n) is 16.4. The Hall–Kier alpha value is -2.83. The lowest BCUT2D eigenvalue weighted by molar-refractivity contribution is 0.424. The fourth-order valence-electron chi connectivity index (χ4n) is 4.51. The van der Waals surface area contributed by atoms with Crippen LogP contribution < -0.4 is 10.0 Å². The molecule has 158 valence electrons. The Kier molecular flexibility index (Phi) is 4.99. The molecule has 2 aliphatic rings. The van der Waals surface area contributed by atoms with Crippen molar-refractivity contribution in [3.8, 4) is 0 Å². The molecular weight excluding hydrogens is 435 g/mol. The number of halogens is 2. The molecule has 0 saturated carbocycles. The van der Waals surface area contributed by atoms with E-state index < -0.39 is 10.0 Å². The Labute approximate surface area is 185 Å². The van der Waals surface area contributed by atoms with Crippen LogP contribution in [0.5, 0.6) is 0 Å². The van der Waals surface area contributed by atoms with Gasteiger partial charge in [0.15, 0.2) is 0 Å². The van der Waals surface area contributed by atoms with Crippen molar-refractivity contribution in [2.24, 2.45) is 5.92 Å². The highest BCUT2D eigenvalue weighted by atomic mass is 35.5. The van der Waals surface area contributed by atoms with Crippen molar-refractivity contribution in [2.75, 3.05) is 10.0 Å². The Bertz CT molecular complexity index is 1270. The van der Waals surface area contributed by atoms with Gasteiger partial charge in [-0.25, -0.2) is 12.8 Å². The monoisotopic (exact) mass is 454 g/mol. The molecule has 0 amide bonds. The summed E-state index contributed by atoms with van der Waals surface area (Å²) in [7, 11) is -3.76. The summed E-state index contributed by atoms with van der Waals surface area (Å²) in [5.41, 5.74) is 3.28. The Morgan fingerprint density at radius 1 is 1.03 bits per heavy atom. The first-order valence-electron chi connectivity index (χ1n) is 10.0. The summed E-state index contributed by atoms with van der Waals surface area (Å²) in [5, 5.41) is 4.00. The molecule has 0 spiro atoms. The van der Waals surface area contributed by atoms with Crippen LogP contribution in [0.15, 0.2) is 83.8 Å². The number of anilines is 2. The largest absolute Gasteiger partial charge is 0.378 e. The highest BCUT2D eigenvalue weighted by Gasteiger charge is 2.38. The van der Waals surface area contributed by atoms with E-state index in [0.717, 1.165) is 23.2 Å². The quantitative estimate of drug-likeness (QED) is 0.468. The van der Waals surface area contributed by atoms with E-state index in [0.29, 0.717) is 10.7 Å². The molecule has 3 aromatic carbocycles. The molecule has 0 aromatic heterocycles. The molecule has 2 N–H and O–H groups in total. The summed E-state index contributed by atoms with van der Waals surface area (Å²) in [6, 6.07) is 18.3. The van der Waals surface area contributed by atoms with Crippen molar-refractivity contribution in [1.29, 1.82) is 0 Å². The van der Waals surface area contributed by atoms with Crippen molar-refractivity contribution in [3.05, 3.63) is 101 Å². The van der Waals surface area contributed by atoms with Crippen molar-refractivity contribution in [1.82, 2.24) is 0 Å².